The molecule has 110 valence electrons. The van der Waals surface area contributed by atoms with Crippen molar-refractivity contribution in [1.82, 2.24) is 4.90 Å². The summed E-state index contributed by atoms with van der Waals surface area (Å²) in [6.07, 6.45) is 3.31. The first-order valence-electron chi connectivity index (χ1n) is 7.14. The molecule has 2 atom stereocenters. The minimum absolute atomic E-state index is 0.154. The van der Waals surface area contributed by atoms with E-state index in [0.717, 1.165) is 24.8 Å². The Labute approximate surface area is 125 Å². The number of carbonyl (C=O) groups is 1. The van der Waals surface area contributed by atoms with Crippen LogP contribution < -0.4 is 0 Å². The summed E-state index contributed by atoms with van der Waals surface area (Å²) >= 11 is 6.13. The van der Waals surface area contributed by atoms with Crippen LogP contribution in [0.15, 0.2) is 24.3 Å². The molecule has 0 aliphatic heterocycles. The van der Waals surface area contributed by atoms with E-state index in [4.69, 9.17) is 16.3 Å². The second kappa shape index (κ2) is 6.15. The van der Waals surface area contributed by atoms with Gasteiger partial charge in [-0.15, -0.1) is 0 Å². The molecule has 1 unspecified atom stereocenters. The van der Waals surface area contributed by atoms with Crippen molar-refractivity contribution >= 4 is 17.6 Å². The van der Waals surface area contributed by atoms with Gasteiger partial charge in [0.15, 0.2) is 5.60 Å². The molecule has 3 nitrogen and oxygen atoms in total. The van der Waals surface area contributed by atoms with Crippen molar-refractivity contribution in [2.75, 3.05) is 14.1 Å². The molecule has 1 fully saturated rings. The molecule has 1 saturated carbocycles. The number of halogens is 1. The zero-order chi connectivity index (χ0) is 14.8. The summed E-state index contributed by atoms with van der Waals surface area (Å²) in [4.78, 5) is 14.1. The first-order chi connectivity index (χ1) is 9.49. The van der Waals surface area contributed by atoms with Crippen LogP contribution in [0.4, 0.5) is 0 Å². The average Bonchev–Trinajstić information content (AvgIpc) is 2.83. The first kappa shape index (κ1) is 15.3. The van der Waals surface area contributed by atoms with Crippen LogP contribution in [0.5, 0.6) is 0 Å². The highest BCUT2D eigenvalue weighted by atomic mass is 35.5. The van der Waals surface area contributed by atoms with Crippen molar-refractivity contribution < 1.29 is 9.53 Å². The molecule has 1 aromatic carbocycles. The number of rotatable bonds is 4. The lowest BCUT2D eigenvalue weighted by molar-refractivity contribution is -0.166. The zero-order valence-electron chi connectivity index (χ0n) is 12.4. The smallest absolute Gasteiger partial charge is 0.306 e. The molecule has 2 rings (SSSR count). The van der Waals surface area contributed by atoms with E-state index in [1.54, 1.807) is 0 Å². The lowest BCUT2D eigenvalue weighted by Crippen LogP contribution is -2.47. The van der Waals surface area contributed by atoms with Gasteiger partial charge in [0.05, 0.1) is 6.04 Å². The van der Waals surface area contributed by atoms with Crippen molar-refractivity contribution in [3.63, 3.8) is 0 Å². The Morgan fingerprint density at radius 1 is 1.50 bits per heavy atom. The quantitative estimate of drug-likeness (QED) is 0.795. The van der Waals surface area contributed by atoms with Crippen molar-refractivity contribution in [2.24, 2.45) is 0 Å². The molecule has 1 aliphatic rings. The summed E-state index contributed by atoms with van der Waals surface area (Å²) in [5.74, 6) is -0.154. The fourth-order valence-corrected chi connectivity index (χ4v) is 3.37. The van der Waals surface area contributed by atoms with Crippen LogP contribution in [-0.2, 0) is 15.1 Å². The summed E-state index contributed by atoms with van der Waals surface area (Å²) in [5, 5.41) is 0.679. The Kier molecular flexibility index (Phi) is 4.71. The van der Waals surface area contributed by atoms with Crippen molar-refractivity contribution in [1.29, 1.82) is 0 Å². The minimum atomic E-state index is -0.568. The number of ether oxygens (including phenoxy) is 1. The van der Waals surface area contributed by atoms with Gasteiger partial charge in [-0.2, -0.15) is 0 Å². The molecule has 20 heavy (non-hydrogen) atoms. The predicted octanol–water partition coefficient (Wildman–Crippen LogP) is 3.60. The van der Waals surface area contributed by atoms with Gasteiger partial charge >= 0.3 is 5.97 Å². The molecule has 0 bridgehead atoms. The molecule has 1 aromatic rings. The minimum Gasteiger partial charge on any atom is -0.452 e. The monoisotopic (exact) mass is 295 g/mol. The van der Waals surface area contributed by atoms with Crippen LogP contribution in [-0.4, -0.2) is 31.0 Å². The van der Waals surface area contributed by atoms with Crippen LogP contribution in [0.2, 0.25) is 5.02 Å². The highest BCUT2D eigenvalue weighted by Gasteiger charge is 2.48. The lowest BCUT2D eigenvalue weighted by atomic mass is 9.87. The first-order valence-corrected chi connectivity index (χ1v) is 7.51. The third kappa shape index (κ3) is 2.84. The maximum atomic E-state index is 11.9. The Hall–Kier alpha value is -1.06. The highest BCUT2D eigenvalue weighted by Crippen LogP contribution is 2.45. The molecule has 0 aromatic heterocycles. The Bertz CT molecular complexity index is 489. The molecular formula is C16H22ClNO2. The largest absolute Gasteiger partial charge is 0.452 e. The fraction of sp³-hybridized carbons (Fsp3) is 0.562. The van der Waals surface area contributed by atoms with Crippen molar-refractivity contribution in [3.05, 3.63) is 34.9 Å². The SMILES string of the molecule is CCC(=O)OC1(c2cccc(Cl)c2)CCC[C@H]1N(C)C. The van der Waals surface area contributed by atoms with E-state index in [1.807, 2.05) is 45.3 Å². The van der Waals surface area contributed by atoms with E-state index in [1.165, 1.54) is 0 Å². The maximum Gasteiger partial charge on any atom is 0.306 e. The van der Waals surface area contributed by atoms with E-state index < -0.39 is 5.60 Å². The van der Waals surface area contributed by atoms with Crippen molar-refractivity contribution in [3.8, 4) is 0 Å². The normalized spacial score (nSPS) is 25.9. The molecular weight excluding hydrogens is 274 g/mol. The molecule has 0 N–H and O–H groups in total. The number of hydrogen-bond donors (Lipinski definition) is 0. The van der Waals surface area contributed by atoms with Gasteiger partial charge in [-0.05, 0) is 51.1 Å². The van der Waals surface area contributed by atoms with Crippen molar-refractivity contribution in [2.45, 2.75) is 44.2 Å². The topological polar surface area (TPSA) is 29.5 Å². The van der Waals surface area contributed by atoms with Crippen LogP contribution in [0, 0.1) is 0 Å². The maximum absolute atomic E-state index is 11.9. The van der Waals surface area contributed by atoms with E-state index in [-0.39, 0.29) is 12.0 Å². The number of carbonyl (C=O) groups excluding carboxylic acids is 1. The van der Waals surface area contributed by atoms with Gasteiger partial charge < -0.3 is 9.64 Å². The summed E-state index contributed by atoms with van der Waals surface area (Å²) in [7, 11) is 4.07. The van der Waals surface area contributed by atoms with Crippen LogP contribution in [0.3, 0.4) is 0 Å². The summed E-state index contributed by atoms with van der Waals surface area (Å²) in [5.41, 5.74) is 0.435. The lowest BCUT2D eigenvalue weighted by Gasteiger charge is -2.39. The second-order valence-electron chi connectivity index (χ2n) is 5.60. The second-order valence-corrected chi connectivity index (χ2v) is 6.04. The molecule has 0 spiro atoms. The Morgan fingerprint density at radius 3 is 2.85 bits per heavy atom. The van der Waals surface area contributed by atoms with E-state index in [0.29, 0.717) is 11.4 Å². The van der Waals surface area contributed by atoms with Gasteiger partial charge in [-0.1, -0.05) is 30.7 Å². The Morgan fingerprint density at radius 2 is 2.25 bits per heavy atom. The predicted molar refractivity (Wildman–Crippen MR) is 80.8 cm³/mol. The van der Waals surface area contributed by atoms with Crippen LogP contribution in [0.25, 0.3) is 0 Å². The van der Waals surface area contributed by atoms with Gasteiger partial charge in [0.2, 0.25) is 0 Å². The van der Waals surface area contributed by atoms with E-state index in [2.05, 4.69) is 4.90 Å². The molecule has 0 saturated heterocycles. The van der Waals surface area contributed by atoms with Gasteiger partial charge in [-0.25, -0.2) is 0 Å². The van der Waals surface area contributed by atoms with Gasteiger partial charge in [0.25, 0.3) is 0 Å². The molecule has 0 heterocycles. The van der Waals surface area contributed by atoms with E-state index in [9.17, 15) is 4.79 Å². The molecule has 4 heteroatoms. The number of nitrogens with zero attached hydrogens (tertiary/aromatic N) is 1. The number of likely N-dealkylation sites (N-methyl/N-ethyl adjacent to an activating group) is 1. The standard InChI is InChI=1S/C16H22ClNO2/c1-4-15(19)20-16(10-6-9-14(16)18(2)3)12-7-5-8-13(17)11-12/h5,7-8,11,14H,4,6,9-10H2,1-3H3/t14-,16?/m1/s1. The summed E-state index contributed by atoms with van der Waals surface area (Å²) in [6.45, 7) is 1.83. The van der Waals surface area contributed by atoms with Crippen LogP contribution >= 0.6 is 11.6 Å². The number of esters is 1. The average molecular weight is 296 g/mol. The van der Waals surface area contributed by atoms with Gasteiger partial charge in [0, 0.05) is 11.4 Å². The number of hydrogen-bond acceptors (Lipinski definition) is 3. The fourth-order valence-electron chi connectivity index (χ4n) is 3.17. The third-order valence-electron chi connectivity index (χ3n) is 4.09. The zero-order valence-corrected chi connectivity index (χ0v) is 13.1. The van der Waals surface area contributed by atoms with Crippen LogP contribution in [0.1, 0.15) is 38.2 Å². The summed E-state index contributed by atoms with van der Waals surface area (Å²) < 4.78 is 5.92. The summed E-state index contributed by atoms with van der Waals surface area (Å²) in [6, 6.07) is 7.89. The molecule has 0 amide bonds. The Balaban J connectivity index is 2.46. The molecule has 0 radical (unpaired) electrons. The van der Waals surface area contributed by atoms with Gasteiger partial charge in [0.1, 0.15) is 0 Å². The number of benzene rings is 1. The highest BCUT2D eigenvalue weighted by molar-refractivity contribution is 6.30. The third-order valence-corrected chi connectivity index (χ3v) is 4.32. The van der Waals surface area contributed by atoms with E-state index >= 15 is 0 Å². The van der Waals surface area contributed by atoms with Gasteiger partial charge in [-0.3, -0.25) is 4.79 Å². The molecule has 1 aliphatic carbocycles.